The van der Waals surface area contributed by atoms with Crippen molar-refractivity contribution in [3.05, 3.63) is 54.1 Å². The molecule has 2 aromatic carbocycles. The van der Waals surface area contributed by atoms with Crippen molar-refractivity contribution >= 4 is 23.0 Å². The van der Waals surface area contributed by atoms with Crippen molar-refractivity contribution < 1.29 is 4.79 Å². The predicted molar refractivity (Wildman–Crippen MR) is 115 cm³/mol. The molecular weight excluding hydrogens is 348 g/mol. The Morgan fingerprint density at radius 3 is 2.64 bits per heavy atom. The Balaban J connectivity index is 1.36. The van der Waals surface area contributed by atoms with Crippen molar-refractivity contribution in [3.8, 4) is 0 Å². The smallest absolute Gasteiger partial charge is 0.238 e. The highest BCUT2D eigenvalue weighted by molar-refractivity contribution is 5.92. The van der Waals surface area contributed by atoms with Gasteiger partial charge < -0.3 is 16.0 Å². The summed E-state index contributed by atoms with van der Waals surface area (Å²) in [5.41, 5.74) is 10.9. The summed E-state index contributed by atoms with van der Waals surface area (Å²) in [5, 5.41) is 3.03. The van der Waals surface area contributed by atoms with Gasteiger partial charge in [0.1, 0.15) is 0 Å². The first-order valence-electron chi connectivity index (χ1n) is 10.2. The number of amides is 1. The molecule has 28 heavy (non-hydrogen) atoms. The molecule has 5 nitrogen and oxygen atoms in total. The van der Waals surface area contributed by atoms with Gasteiger partial charge in [-0.1, -0.05) is 32.0 Å². The number of likely N-dealkylation sites (tertiary alicyclic amines) is 1. The number of carbonyl (C=O) groups excluding carboxylic acids is 1. The number of para-hydroxylation sites is 1. The molecule has 0 spiro atoms. The first-order chi connectivity index (χ1) is 13.4. The molecule has 2 aliphatic rings. The fourth-order valence-electron chi connectivity index (χ4n) is 4.35. The molecule has 3 N–H and O–H groups in total. The number of hydrogen-bond donors (Lipinski definition) is 2. The Morgan fingerprint density at radius 1 is 1.14 bits per heavy atom. The van der Waals surface area contributed by atoms with Gasteiger partial charge in [0.05, 0.1) is 6.54 Å². The van der Waals surface area contributed by atoms with E-state index in [1.165, 1.54) is 11.3 Å². The van der Waals surface area contributed by atoms with Gasteiger partial charge in [0.25, 0.3) is 0 Å². The predicted octanol–water partition coefficient (Wildman–Crippen LogP) is 3.38. The SMILES string of the molecule is CC1(C)CN(CC(=O)Nc2ccc(N3CCc4ccccc43)cc2)CCC1N. The largest absolute Gasteiger partial charge is 0.341 e. The fourth-order valence-corrected chi connectivity index (χ4v) is 4.35. The normalized spacial score (nSPS) is 21.4. The highest BCUT2D eigenvalue weighted by atomic mass is 16.2. The second kappa shape index (κ2) is 7.57. The van der Waals surface area contributed by atoms with Crippen molar-refractivity contribution in [1.29, 1.82) is 0 Å². The Bertz CT molecular complexity index is 846. The van der Waals surface area contributed by atoms with Crippen LogP contribution in [0.15, 0.2) is 48.5 Å². The average Bonchev–Trinajstić information content (AvgIpc) is 3.09. The first-order valence-corrected chi connectivity index (χ1v) is 10.2. The molecule has 5 heteroatoms. The summed E-state index contributed by atoms with van der Waals surface area (Å²) < 4.78 is 0. The van der Waals surface area contributed by atoms with Crippen molar-refractivity contribution in [2.75, 3.05) is 36.4 Å². The van der Waals surface area contributed by atoms with Crippen molar-refractivity contribution in [2.24, 2.45) is 11.1 Å². The number of rotatable bonds is 4. The number of benzene rings is 2. The van der Waals surface area contributed by atoms with Crippen LogP contribution in [0.2, 0.25) is 0 Å². The van der Waals surface area contributed by atoms with Crippen LogP contribution in [0, 0.1) is 5.41 Å². The molecule has 0 aliphatic carbocycles. The van der Waals surface area contributed by atoms with Crippen LogP contribution in [0.5, 0.6) is 0 Å². The maximum Gasteiger partial charge on any atom is 0.238 e. The van der Waals surface area contributed by atoms with Crippen LogP contribution in [0.3, 0.4) is 0 Å². The maximum atomic E-state index is 12.5. The van der Waals surface area contributed by atoms with Gasteiger partial charge in [0.2, 0.25) is 5.91 Å². The number of nitrogens with zero attached hydrogens (tertiary/aromatic N) is 2. The second-order valence-electron chi connectivity index (χ2n) is 8.72. The van der Waals surface area contributed by atoms with Gasteiger partial charge in [-0.2, -0.15) is 0 Å². The number of nitrogens with two attached hydrogens (primary N) is 1. The third-order valence-electron chi connectivity index (χ3n) is 6.11. The second-order valence-corrected chi connectivity index (χ2v) is 8.72. The van der Waals surface area contributed by atoms with E-state index in [-0.39, 0.29) is 17.4 Å². The zero-order valence-electron chi connectivity index (χ0n) is 16.8. The summed E-state index contributed by atoms with van der Waals surface area (Å²) in [4.78, 5) is 17.0. The van der Waals surface area contributed by atoms with Gasteiger partial charge in [0, 0.05) is 42.7 Å². The van der Waals surface area contributed by atoms with Gasteiger partial charge >= 0.3 is 0 Å². The van der Waals surface area contributed by atoms with Crippen LogP contribution in [0.1, 0.15) is 25.8 Å². The van der Waals surface area contributed by atoms with Gasteiger partial charge in [0.15, 0.2) is 0 Å². The topological polar surface area (TPSA) is 61.6 Å². The molecule has 0 saturated carbocycles. The van der Waals surface area contributed by atoms with E-state index in [0.717, 1.165) is 43.9 Å². The lowest BCUT2D eigenvalue weighted by Gasteiger charge is -2.42. The molecule has 1 atom stereocenters. The summed E-state index contributed by atoms with van der Waals surface area (Å²) >= 11 is 0. The van der Waals surface area contributed by atoms with Crippen LogP contribution in [0.25, 0.3) is 0 Å². The molecule has 148 valence electrons. The Kier molecular flexibility index (Phi) is 5.13. The van der Waals surface area contributed by atoms with Gasteiger partial charge in [-0.05, 0) is 54.2 Å². The van der Waals surface area contributed by atoms with Crippen LogP contribution in [-0.4, -0.2) is 43.0 Å². The third kappa shape index (κ3) is 3.91. The number of fused-ring (bicyclic) bond motifs is 1. The molecule has 2 aromatic rings. The minimum atomic E-state index is 0.0329. The molecule has 1 fully saturated rings. The lowest BCUT2D eigenvalue weighted by Crippen LogP contribution is -2.53. The summed E-state index contributed by atoms with van der Waals surface area (Å²) in [6.45, 7) is 7.50. The minimum absolute atomic E-state index is 0.0329. The van der Waals surface area contributed by atoms with E-state index in [2.05, 4.69) is 65.4 Å². The summed E-state index contributed by atoms with van der Waals surface area (Å²) in [6.07, 6.45) is 2.01. The highest BCUT2D eigenvalue weighted by Crippen LogP contribution is 2.34. The lowest BCUT2D eigenvalue weighted by molar-refractivity contribution is -0.118. The first kappa shape index (κ1) is 19.0. The molecule has 2 aliphatic heterocycles. The molecule has 1 saturated heterocycles. The Hall–Kier alpha value is -2.37. The number of nitrogens with one attached hydrogen (secondary N) is 1. The average molecular weight is 379 g/mol. The summed E-state index contributed by atoms with van der Waals surface area (Å²) in [5.74, 6) is 0.0329. The molecule has 1 unspecified atom stereocenters. The quantitative estimate of drug-likeness (QED) is 0.856. The van der Waals surface area contributed by atoms with E-state index >= 15 is 0 Å². The lowest BCUT2D eigenvalue weighted by atomic mass is 9.80. The van der Waals surface area contributed by atoms with Gasteiger partial charge in [-0.15, -0.1) is 0 Å². The monoisotopic (exact) mass is 378 g/mol. The van der Waals surface area contributed by atoms with Crippen molar-refractivity contribution in [1.82, 2.24) is 4.90 Å². The Morgan fingerprint density at radius 2 is 1.89 bits per heavy atom. The molecule has 4 rings (SSSR count). The molecule has 0 bridgehead atoms. The van der Waals surface area contributed by atoms with Crippen LogP contribution < -0.4 is 16.0 Å². The van der Waals surface area contributed by atoms with E-state index in [0.29, 0.717) is 6.54 Å². The van der Waals surface area contributed by atoms with Crippen LogP contribution in [0.4, 0.5) is 17.1 Å². The molecule has 1 amide bonds. The van der Waals surface area contributed by atoms with Crippen LogP contribution in [-0.2, 0) is 11.2 Å². The molecule has 0 aromatic heterocycles. The van der Waals surface area contributed by atoms with Gasteiger partial charge in [-0.25, -0.2) is 0 Å². The fraction of sp³-hybridized carbons (Fsp3) is 0.435. The summed E-state index contributed by atoms with van der Waals surface area (Å²) in [6, 6.07) is 16.9. The van der Waals surface area contributed by atoms with Crippen molar-refractivity contribution in [3.63, 3.8) is 0 Å². The maximum absolute atomic E-state index is 12.5. The highest BCUT2D eigenvalue weighted by Gasteiger charge is 2.33. The van der Waals surface area contributed by atoms with E-state index in [1.807, 2.05) is 12.1 Å². The van der Waals surface area contributed by atoms with E-state index in [1.54, 1.807) is 0 Å². The summed E-state index contributed by atoms with van der Waals surface area (Å²) in [7, 11) is 0. The Labute approximate surface area is 167 Å². The van der Waals surface area contributed by atoms with E-state index in [9.17, 15) is 4.79 Å². The molecule has 0 radical (unpaired) electrons. The number of carbonyl (C=O) groups is 1. The number of hydrogen-bond acceptors (Lipinski definition) is 4. The molecular formula is C23H30N4O. The minimum Gasteiger partial charge on any atom is -0.341 e. The van der Waals surface area contributed by atoms with E-state index in [4.69, 9.17) is 5.73 Å². The van der Waals surface area contributed by atoms with Gasteiger partial charge in [-0.3, -0.25) is 9.69 Å². The number of piperidine rings is 1. The van der Waals surface area contributed by atoms with E-state index < -0.39 is 0 Å². The van der Waals surface area contributed by atoms with Crippen molar-refractivity contribution in [2.45, 2.75) is 32.7 Å². The zero-order chi connectivity index (χ0) is 19.7. The standard InChI is InChI=1S/C23H30N4O/c1-23(2)16-26(13-12-21(23)24)15-22(28)25-18-7-9-19(10-8-18)27-14-11-17-5-3-4-6-20(17)27/h3-10,21H,11-16,24H2,1-2H3,(H,25,28). The van der Waals surface area contributed by atoms with Crippen LogP contribution >= 0.6 is 0 Å². The molecule has 2 heterocycles. The zero-order valence-corrected chi connectivity index (χ0v) is 16.8. The number of anilines is 3. The third-order valence-corrected chi connectivity index (χ3v) is 6.11.